The van der Waals surface area contributed by atoms with E-state index in [0.717, 1.165) is 60.1 Å². The molecule has 7 heteroatoms. The summed E-state index contributed by atoms with van der Waals surface area (Å²) in [4.78, 5) is 18.7. The van der Waals surface area contributed by atoms with Gasteiger partial charge in [-0.3, -0.25) is 9.69 Å². The molecule has 0 amide bonds. The molecule has 1 aliphatic carbocycles. The first kappa shape index (κ1) is 23.4. The van der Waals surface area contributed by atoms with Gasteiger partial charge in [0.1, 0.15) is 0 Å². The van der Waals surface area contributed by atoms with Gasteiger partial charge in [0.15, 0.2) is 5.82 Å². The molecule has 2 aromatic carbocycles. The fraction of sp³-hybridized carbons (Fsp3) is 0.429. The summed E-state index contributed by atoms with van der Waals surface area (Å²) >= 11 is 0. The second-order valence-electron chi connectivity index (χ2n) is 9.74. The molecular weight excluding hydrogens is 436 g/mol. The number of benzene rings is 2. The molecule has 2 heterocycles. The van der Waals surface area contributed by atoms with Gasteiger partial charge in [-0.25, -0.2) is 4.68 Å². The minimum Gasteiger partial charge on any atom is -0.322 e. The maximum absolute atomic E-state index is 13.1. The van der Waals surface area contributed by atoms with Crippen LogP contribution in [0.3, 0.4) is 0 Å². The summed E-state index contributed by atoms with van der Waals surface area (Å²) in [5, 5.41) is 14.0. The monoisotopic (exact) mass is 470 g/mol. The van der Waals surface area contributed by atoms with Gasteiger partial charge < -0.3 is 4.98 Å². The zero-order valence-corrected chi connectivity index (χ0v) is 20.7. The number of pyridine rings is 1. The number of aromatic nitrogens is 5. The number of H-pyrrole nitrogens is 1. The van der Waals surface area contributed by atoms with E-state index in [9.17, 15) is 4.79 Å². The molecule has 1 atom stereocenters. The van der Waals surface area contributed by atoms with Crippen LogP contribution in [0.1, 0.15) is 67.6 Å². The quantitative estimate of drug-likeness (QED) is 0.374. The van der Waals surface area contributed by atoms with E-state index < -0.39 is 0 Å². The van der Waals surface area contributed by atoms with Crippen LogP contribution in [0.2, 0.25) is 0 Å². The van der Waals surface area contributed by atoms with Gasteiger partial charge in [0, 0.05) is 30.2 Å². The van der Waals surface area contributed by atoms with E-state index in [0.29, 0.717) is 12.6 Å². The molecule has 0 aliphatic heterocycles. The summed E-state index contributed by atoms with van der Waals surface area (Å²) < 4.78 is 1.95. The lowest BCUT2D eigenvalue weighted by Crippen LogP contribution is -2.39. The van der Waals surface area contributed by atoms with Gasteiger partial charge in [-0.05, 0) is 71.7 Å². The molecule has 5 rings (SSSR count). The third-order valence-corrected chi connectivity index (χ3v) is 7.32. The van der Waals surface area contributed by atoms with Crippen molar-refractivity contribution in [3.8, 4) is 0 Å². The van der Waals surface area contributed by atoms with Crippen molar-refractivity contribution < 1.29 is 0 Å². The van der Waals surface area contributed by atoms with E-state index in [1.54, 1.807) is 0 Å². The van der Waals surface area contributed by atoms with E-state index in [2.05, 4.69) is 74.8 Å². The van der Waals surface area contributed by atoms with Crippen LogP contribution in [-0.4, -0.2) is 36.1 Å². The smallest absolute Gasteiger partial charge is 0.252 e. The highest BCUT2D eigenvalue weighted by Gasteiger charge is 2.32. The number of hydrogen-bond acceptors (Lipinski definition) is 5. The lowest BCUT2D eigenvalue weighted by atomic mass is 10.0. The number of aromatic amines is 1. The molecule has 1 saturated carbocycles. The highest BCUT2D eigenvalue weighted by atomic mass is 16.1. The summed E-state index contributed by atoms with van der Waals surface area (Å²) in [5.74, 6) is 0.892. The predicted octanol–water partition coefficient (Wildman–Crippen LogP) is 4.96. The third-order valence-electron chi connectivity index (χ3n) is 7.32. The molecule has 1 aliphatic rings. The van der Waals surface area contributed by atoms with Crippen molar-refractivity contribution >= 4 is 10.9 Å². The van der Waals surface area contributed by atoms with Crippen molar-refractivity contribution in [2.75, 3.05) is 0 Å². The van der Waals surface area contributed by atoms with Crippen molar-refractivity contribution in [1.82, 2.24) is 30.1 Å². The molecule has 1 N–H and O–H groups in total. The first-order chi connectivity index (χ1) is 17.1. The first-order valence-corrected chi connectivity index (χ1v) is 12.8. The second-order valence-corrected chi connectivity index (χ2v) is 9.74. The molecule has 1 fully saturated rings. The Morgan fingerprint density at radius 1 is 1.11 bits per heavy atom. The van der Waals surface area contributed by atoms with E-state index in [1.807, 2.05) is 23.7 Å². The van der Waals surface area contributed by atoms with Crippen LogP contribution in [-0.2, 0) is 19.5 Å². The molecule has 4 aromatic rings. The standard InChI is InChI=1S/C28H34N6O/c1-3-26(27-30-31-32-34(27)16-15-21-9-5-4-6-10-21)33(24-11-7-8-12-24)19-23-18-22-14-13-20(2)17-25(22)29-28(23)35/h4-6,9-10,13-14,17-18,24,26H,3,7-8,11-12,15-16,19H2,1-2H3,(H,29,35)/t26-/m1/s1. The number of hydrogen-bond donors (Lipinski definition) is 1. The van der Waals surface area contributed by atoms with Gasteiger partial charge in [0.25, 0.3) is 5.56 Å². The normalized spacial score (nSPS) is 15.3. The fourth-order valence-corrected chi connectivity index (χ4v) is 5.46. The Morgan fingerprint density at radius 3 is 2.69 bits per heavy atom. The van der Waals surface area contributed by atoms with Gasteiger partial charge >= 0.3 is 0 Å². The average molecular weight is 471 g/mol. The van der Waals surface area contributed by atoms with E-state index in [1.165, 1.54) is 18.4 Å². The largest absolute Gasteiger partial charge is 0.322 e. The SMILES string of the molecule is CC[C@H](c1nnnn1CCc1ccccc1)N(Cc1cc2ccc(C)cc2[nH]c1=O)C1CCCC1. The lowest BCUT2D eigenvalue weighted by molar-refractivity contribution is 0.112. The highest BCUT2D eigenvalue weighted by molar-refractivity contribution is 5.79. The summed E-state index contributed by atoms with van der Waals surface area (Å²) in [6, 6.07) is 19.2. The Bertz CT molecular complexity index is 1320. The molecule has 2 aromatic heterocycles. The number of nitrogens with zero attached hydrogens (tertiary/aromatic N) is 5. The van der Waals surface area contributed by atoms with Crippen LogP contribution in [0.5, 0.6) is 0 Å². The number of fused-ring (bicyclic) bond motifs is 1. The molecule has 0 radical (unpaired) electrons. The summed E-state index contributed by atoms with van der Waals surface area (Å²) in [6.07, 6.45) is 6.50. The van der Waals surface area contributed by atoms with Gasteiger partial charge in [-0.1, -0.05) is 62.2 Å². The van der Waals surface area contributed by atoms with Crippen LogP contribution < -0.4 is 5.56 Å². The van der Waals surface area contributed by atoms with Crippen LogP contribution in [0, 0.1) is 6.92 Å². The topological polar surface area (TPSA) is 79.7 Å². The minimum absolute atomic E-state index is 0.00961. The molecular formula is C28H34N6O. The van der Waals surface area contributed by atoms with Crippen LogP contribution in [0.25, 0.3) is 10.9 Å². The predicted molar refractivity (Wildman–Crippen MR) is 138 cm³/mol. The summed E-state index contributed by atoms with van der Waals surface area (Å²) in [7, 11) is 0. The lowest BCUT2D eigenvalue weighted by Gasteiger charge is -2.35. The Hall–Kier alpha value is -3.32. The fourth-order valence-electron chi connectivity index (χ4n) is 5.46. The van der Waals surface area contributed by atoms with Gasteiger partial charge in [0.2, 0.25) is 0 Å². The highest BCUT2D eigenvalue weighted by Crippen LogP contribution is 2.33. The maximum Gasteiger partial charge on any atom is 0.252 e. The van der Waals surface area contributed by atoms with Gasteiger partial charge in [-0.15, -0.1) is 5.10 Å². The van der Waals surface area contributed by atoms with Crippen molar-refractivity contribution in [2.45, 2.75) is 77.5 Å². The maximum atomic E-state index is 13.1. The molecule has 182 valence electrons. The Balaban J connectivity index is 1.45. The second kappa shape index (κ2) is 10.5. The van der Waals surface area contributed by atoms with Crippen LogP contribution in [0.4, 0.5) is 0 Å². The number of nitrogens with one attached hydrogen (secondary N) is 1. The third kappa shape index (κ3) is 5.20. The number of tetrazole rings is 1. The van der Waals surface area contributed by atoms with Crippen LogP contribution >= 0.6 is 0 Å². The van der Waals surface area contributed by atoms with Crippen molar-refractivity contribution in [3.05, 3.63) is 87.5 Å². The first-order valence-electron chi connectivity index (χ1n) is 12.8. The Morgan fingerprint density at radius 2 is 1.91 bits per heavy atom. The van der Waals surface area contributed by atoms with Gasteiger partial charge in [0.05, 0.1) is 6.04 Å². The van der Waals surface area contributed by atoms with Crippen molar-refractivity contribution in [1.29, 1.82) is 0 Å². The zero-order valence-electron chi connectivity index (χ0n) is 20.7. The molecule has 0 bridgehead atoms. The molecule has 0 spiro atoms. The van der Waals surface area contributed by atoms with E-state index in [4.69, 9.17) is 0 Å². The van der Waals surface area contributed by atoms with E-state index >= 15 is 0 Å². The minimum atomic E-state index is -0.00961. The number of rotatable bonds is 9. The molecule has 0 saturated heterocycles. The Kier molecular flexibility index (Phi) is 7.04. The van der Waals surface area contributed by atoms with Crippen molar-refractivity contribution in [3.63, 3.8) is 0 Å². The molecule has 35 heavy (non-hydrogen) atoms. The summed E-state index contributed by atoms with van der Waals surface area (Å²) in [5.41, 5.74) is 4.09. The molecule has 0 unspecified atom stereocenters. The van der Waals surface area contributed by atoms with Crippen LogP contribution in [0.15, 0.2) is 59.4 Å². The average Bonchev–Trinajstić information content (AvgIpc) is 3.56. The van der Waals surface area contributed by atoms with Crippen molar-refractivity contribution in [2.24, 2.45) is 0 Å². The van der Waals surface area contributed by atoms with E-state index in [-0.39, 0.29) is 11.6 Å². The number of aryl methyl sites for hydroxylation is 3. The van der Waals surface area contributed by atoms with Gasteiger partial charge in [-0.2, -0.15) is 0 Å². The summed E-state index contributed by atoms with van der Waals surface area (Å²) in [6.45, 7) is 5.56. The molecule has 7 nitrogen and oxygen atoms in total. The Labute approximate surface area is 206 Å². The zero-order chi connectivity index (χ0) is 24.2.